The maximum atomic E-state index is 13.2. The van der Waals surface area contributed by atoms with E-state index in [1.54, 1.807) is 0 Å². The molecule has 3 nitrogen and oxygen atoms in total. The largest absolute Gasteiger partial charge is 0.423 e. The summed E-state index contributed by atoms with van der Waals surface area (Å²) in [6, 6.07) is 7.06. The molecule has 21 heavy (non-hydrogen) atoms. The van der Waals surface area contributed by atoms with Crippen LogP contribution in [0.15, 0.2) is 36.4 Å². The van der Waals surface area contributed by atoms with Gasteiger partial charge in [-0.3, -0.25) is 10.1 Å². The minimum absolute atomic E-state index is 0.0137. The maximum Gasteiger partial charge on any atom is 0.423 e. The second kappa shape index (κ2) is 5.54. The van der Waals surface area contributed by atoms with Crippen LogP contribution in [0.25, 0.3) is 11.1 Å². The zero-order valence-corrected chi connectivity index (χ0v) is 11.6. The normalized spacial score (nSPS) is 11.5. The molecule has 0 amide bonds. The summed E-state index contributed by atoms with van der Waals surface area (Å²) in [4.78, 5) is 9.77. The lowest BCUT2D eigenvalue weighted by molar-refractivity contribution is -0.388. The minimum Gasteiger partial charge on any atom is -0.258 e. The van der Waals surface area contributed by atoms with E-state index < -0.39 is 22.4 Å². The van der Waals surface area contributed by atoms with Crippen molar-refractivity contribution in [3.05, 3.63) is 62.1 Å². The van der Waals surface area contributed by atoms with Crippen molar-refractivity contribution < 1.29 is 18.1 Å². The zero-order chi connectivity index (χ0) is 15.8. The molecule has 0 aromatic heterocycles. The minimum atomic E-state index is -4.90. The number of alkyl halides is 3. The highest BCUT2D eigenvalue weighted by Gasteiger charge is 2.41. The third-order valence-electron chi connectivity index (χ3n) is 2.74. The first-order valence-electron chi connectivity index (χ1n) is 5.52. The van der Waals surface area contributed by atoms with Crippen LogP contribution in [-0.2, 0) is 6.18 Å². The first kappa shape index (κ1) is 15.6. The van der Waals surface area contributed by atoms with Gasteiger partial charge < -0.3 is 0 Å². The van der Waals surface area contributed by atoms with Crippen LogP contribution in [0.4, 0.5) is 18.9 Å². The van der Waals surface area contributed by atoms with Gasteiger partial charge in [-0.15, -0.1) is 0 Å². The first-order chi connectivity index (χ1) is 9.71. The Balaban J connectivity index is 2.84. The highest BCUT2D eigenvalue weighted by Crippen LogP contribution is 2.44. The van der Waals surface area contributed by atoms with Crippen molar-refractivity contribution in [1.82, 2.24) is 0 Å². The van der Waals surface area contributed by atoms with Crippen molar-refractivity contribution in [2.24, 2.45) is 0 Å². The third-order valence-corrected chi connectivity index (χ3v) is 3.31. The smallest absolute Gasteiger partial charge is 0.258 e. The fourth-order valence-electron chi connectivity index (χ4n) is 1.92. The predicted molar refractivity (Wildman–Crippen MR) is 73.6 cm³/mol. The molecule has 2 aromatic rings. The molecular weight excluding hydrogens is 330 g/mol. The summed E-state index contributed by atoms with van der Waals surface area (Å²) in [6.45, 7) is 0. The van der Waals surface area contributed by atoms with E-state index >= 15 is 0 Å². The summed E-state index contributed by atoms with van der Waals surface area (Å²) in [5.74, 6) is 0. The van der Waals surface area contributed by atoms with E-state index in [4.69, 9.17) is 23.2 Å². The molecule has 2 aromatic carbocycles. The summed E-state index contributed by atoms with van der Waals surface area (Å²) in [7, 11) is 0. The van der Waals surface area contributed by atoms with Gasteiger partial charge in [0.1, 0.15) is 5.56 Å². The zero-order valence-electron chi connectivity index (χ0n) is 10.1. The van der Waals surface area contributed by atoms with Crippen molar-refractivity contribution in [2.45, 2.75) is 6.18 Å². The molecule has 0 saturated heterocycles. The number of hydrogen-bond donors (Lipinski definition) is 0. The Morgan fingerprint density at radius 2 is 1.71 bits per heavy atom. The lowest BCUT2D eigenvalue weighted by atomic mass is 9.97. The summed E-state index contributed by atoms with van der Waals surface area (Å²) in [5, 5.41) is 11.0. The third kappa shape index (κ3) is 3.11. The molecule has 8 heteroatoms. The number of halogens is 5. The molecule has 0 heterocycles. The van der Waals surface area contributed by atoms with Crippen molar-refractivity contribution in [1.29, 1.82) is 0 Å². The number of nitro benzene ring substituents is 1. The van der Waals surface area contributed by atoms with Gasteiger partial charge in [0.05, 0.1) is 4.92 Å². The van der Waals surface area contributed by atoms with E-state index in [9.17, 15) is 23.3 Å². The van der Waals surface area contributed by atoms with Crippen LogP contribution in [-0.4, -0.2) is 4.92 Å². The molecule has 0 aliphatic heterocycles. The van der Waals surface area contributed by atoms with Gasteiger partial charge >= 0.3 is 6.18 Å². The number of hydrogen-bond acceptors (Lipinski definition) is 2. The predicted octanol–water partition coefficient (Wildman–Crippen LogP) is 5.59. The Hall–Kier alpha value is -1.79. The molecule has 0 aliphatic carbocycles. The van der Waals surface area contributed by atoms with Crippen molar-refractivity contribution >= 4 is 28.9 Å². The summed E-state index contributed by atoms with van der Waals surface area (Å²) in [5.41, 5.74) is -2.78. The van der Waals surface area contributed by atoms with Crippen molar-refractivity contribution in [3.8, 4) is 11.1 Å². The quantitative estimate of drug-likeness (QED) is 0.530. The van der Waals surface area contributed by atoms with Gasteiger partial charge in [-0.25, -0.2) is 0 Å². The molecule has 0 fully saturated rings. The number of nitrogens with zero attached hydrogens (tertiary/aromatic N) is 1. The average Bonchev–Trinajstić information content (AvgIpc) is 2.39. The van der Waals surface area contributed by atoms with Crippen LogP contribution >= 0.6 is 23.2 Å². The second-order valence-electron chi connectivity index (χ2n) is 4.08. The number of rotatable bonds is 2. The Morgan fingerprint density at radius 3 is 2.29 bits per heavy atom. The number of nitro groups is 1. The van der Waals surface area contributed by atoms with Gasteiger partial charge in [0.2, 0.25) is 0 Å². The Kier molecular flexibility index (Phi) is 4.11. The van der Waals surface area contributed by atoms with Crippen LogP contribution in [0.5, 0.6) is 0 Å². The highest BCUT2D eigenvalue weighted by molar-refractivity contribution is 6.35. The first-order valence-corrected chi connectivity index (χ1v) is 6.27. The van der Waals surface area contributed by atoms with Crippen molar-refractivity contribution in [3.63, 3.8) is 0 Å². The molecule has 110 valence electrons. The molecule has 0 saturated carbocycles. The maximum absolute atomic E-state index is 13.2. The second-order valence-corrected chi connectivity index (χ2v) is 4.92. The van der Waals surface area contributed by atoms with Crippen molar-refractivity contribution in [2.75, 3.05) is 0 Å². The summed E-state index contributed by atoms with van der Waals surface area (Å²) >= 11 is 11.7. The van der Waals surface area contributed by atoms with E-state index in [0.29, 0.717) is 0 Å². The Bertz CT molecular complexity index is 717. The average molecular weight is 336 g/mol. The monoisotopic (exact) mass is 335 g/mol. The van der Waals surface area contributed by atoms with Gasteiger partial charge in [0.25, 0.3) is 5.69 Å². The molecule has 0 radical (unpaired) electrons. The van der Waals surface area contributed by atoms with Gasteiger partial charge in [-0.05, 0) is 18.2 Å². The van der Waals surface area contributed by atoms with Gasteiger partial charge in [-0.2, -0.15) is 13.2 Å². The molecule has 0 bridgehead atoms. The summed E-state index contributed by atoms with van der Waals surface area (Å²) in [6.07, 6.45) is -4.90. The lowest BCUT2D eigenvalue weighted by Crippen LogP contribution is -2.11. The molecule has 0 unspecified atom stereocenters. The molecule has 0 atom stereocenters. The topological polar surface area (TPSA) is 43.1 Å². The highest BCUT2D eigenvalue weighted by atomic mass is 35.5. The van der Waals surface area contributed by atoms with E-state index in [2.05, 4.69) is 0 Å². The van der Waals surface area contributed by atoms with Crippen LogP contribution in [0.1, 0.15) is 5.56 Å². The van der Waals surface area contributed by atoms with Crippen LogP contribution in [0, 0.1) is 10.1 Å². The number of benzene rings is 2. The van der Waals surface area contributed by atoms with E-state index in [-0.39, 0.29) is 21.2 Å². The Morgan fingerprint density at radius 1 is 1.05 bits per heavy atom. The van der Waals surface area contributed by atoms with Gasteiger partial charge in [-0.1, -0.05) is 35.3 Å². The molecule has 0 spiro atoms. The van der Waals surface area contributed by atoms with Crippen LogP contribution in [0.3, 0.4) is 0 Å². The van der Waals surface area contributed by atoms with Crippen LogP contribution in [0.2, 0.25) is 10.0 Å². The molecule has 2 rings (SSSR count). The van der Waals surface area contributed by atoms with Gasteiger partial charge in [0.15, 0.2) is 0 Å². The fourth-order valence-corrected chi connectivity index (χ4v) is 2.31. The SMILES string of the molecule is O=[N+]([O-])c1cccc(-c2cc(Cl)ccc2Cl)c1C(F)(F)F. The molecular formula is C13H6Cl2F3NO2. The summed E-state index contributed by atoms with van der Waals surface area (Å²) < 4.78 is 39.6. The molecule has 0 N–H and O–H groups in total. The standard InChI is InChI=1S/C13H6Cl2F3NO2/c14-7-4-5-10(15)9(6-7)8-2-1-3-11(19(20)21)12(8)13(16,17)18/h1-6H. The van der Waals surface area contributed by atoms with Crippen LogP contribution < -0.4 is 0 Å². The Labute approximate surface area is 127 Å². The lowest BCUT2D eigenvalue weighted by Gasteiger charge is -2.14. The van der Waals surface area contributed by atoms with E-state index in [1.165, 1.54) is 24.3 Å². The fraction of sp³-hybridized carbons (Fsp3) is 0.0769. The molecule has 0 aliphatic rings. The van der Waals surface area contributed by atoms with E-state index in [0.717, 1.165) is 12.1 Å². The van der Waals surface area contributed by atoms with Gasteiger partial charge in [0, 0.05) is 27.2 Å². The van der Waals surface area contributed by atoms with E-state index in [1.807, 2.05) is 0 Å².